The molecular weight excluding hydrogens is 340 g/mol. The van der Waals surface area contributed by atoms with Gasteiger partial charge in [0.25, 0.3) is 0 Å². The molecule has 0 bridgehead atoms. The molecule has 1 aromatic heterocycles. The van der Waals surface area contributed by atoms with Crippen LogP contribution in [-0.2, 0) is 13.6 Å². The van der Waals surface area contributed by atoms with Gasteiger partial charge in [-0.2, -0.15) is 0 Å². The van der Waals surface area contributed by atoms with Crippen molar-refractivity contribution in [2.75, 3.05) is 11.9 Å². The molecule has 3 rings (SSSR count). The maximum absolute atomic E-state index is 12.5. The number of benzene rings is 2. The fourth-order valence-corrected chi connectivity index (χ4v) is 2.75. The van der Waals surface area contributed by atoms with Gasteiger partial charge in [0.2, 0.25) is 5.78 Å². The lowest BCUT2D eigenvalue weighted by molar-refractivity contribution is 0.102. The lowest BCUT2D eigenvalue weighted by atomic mass is 10.1. The van der Waals surface area contributed by atoms with Gasteiger partial charge < -0.3 is 14.8 Å². The smallest absolute Gasteiger partial charge is 0.322 e. The highest BCUT2D eigenvalue weighted by Gasteiger charge is 2.15. The summed E-state index contributed by atoms with van der Waals surface area (Å²) < 4.78 is 1.68. The minimum Gasteiger partial charge on any atom is -0.331 e. The first-order chi connectivity index (χ1) is 13.1. The molecule has 0 atom stereocenters. The van der Waals surface area contributed by atoms with Crippen molar-refractivity contribution in [3.63, 3.8) is 0 Å². The molecule has 6 nitrogen and oxygen atoms in total. The number of amides is 2. The van der Waals surface area contributed by atoms with Gasteiger partial charge in [0.05, 0.1) is 0 Å². The number of hydrogen-bond acceptors (Lipinski definition) is 3. The van der Waals surface area contributed by atoms with E-state index >= 15 is 0 Å². The minimum atomic E-state index is -0.176. The van der Waals surface area contributed by atoms with Gasteiger partial charge >= 0.3 is 6.03 Å². The third kappa shape index (κ3) is 4.41. The van der Waals surface area contributed by atoms with E-state index in [-0.39, 0.29) is 11.8 Å². The number of aryl methyl sites for hydroxylation is 1. The topological polar surface area (TPSA) is 67.2 Å². The quantitative estimate of drug-likeness (QED) is 0.680. The second-order valence-corrected chi connectivity index (χ2v) is 6.20. The van der Waals surface area contributed by atoms with E-state index in [4.69, 9.17) is 0 Å². The Morgan fingerprint density at radius 2 is 1.78 bits per heavy atom. The highest BCUT2D eigenvalue weighted by Crippen LogP contribution is 2.14. The summed E-state index contributed by atoms with van der Waals surface area (Å²) in [5, 5.41) is 2.88. The number of aromatic nitrogens is 2. The van der Waals surface area contributed by atoms with E-state index in [1.807, 2.05) is 37.3 Å². The average molecular weight is 362 g/mol. The summed E-state index contributed by atoms with van der Waals surface area (Å²) in [7, 11) is 1.78. The Morgan fingerprint density at radius 3 is 2.37 bits per heavy atom. The number of imidazole rings is 1. The van der Waals surface area contributed by atoms with E-state index in [9.17, 15) is 9.59 Å². The molecule has 6 heteroatoms. The predicted molar refractivity (Wildman–Crippen MR) is 105 cm³/mol. The van der Waals surface area contributed by atoms with Gasteiger partial charge in [-0.15, -0.1) is 0 Å². The number of anilines is 1. The van der Waals surface area contributed by atoms with Gasteiger partial charge in [-0.05, 0) is 36.8 Å². The summed E-state index contributed by atoms with van der Waals surface area (Å²) >= 11 is 0. The van der Waals surface area contributed by atoms with Gasteiger partial charge in [0, 0.05) is 43.8 Å². The molecule has 0 spiro atoms. The summed E-state index contributed by atoms with van der Waals surface area (Å²) in [6.45, 7) is 3.08. The van der Waals surface area contributed by atoms with Crippen LogP contribution in [0.5, 0.6) is 0 Å². The molecule has 0 saturated carbocycles. The van der Waals surface area contributed by atoms with Crippen molar-refractivity contribution >= 4 is 17.5 Å². The van der Waals surface area contributed by atoms with E-state index in [1.165, 1.54) is 0 Å². The van der Waals surface area contributed by atoms with Gasteiger partial charge in [-0.3, -0.25) is 4.79 Å². The zero-order valence-electron chi connectivity index (χ0n) is 15.4. The fraction of sp³-hybridized carbons (Fsp3) is 0.190. The normalized spacial score (nSPS) is 10.4. The highest BCUT2D eigenvalue weighted by molar-refractivity contribution is 6.07. The molecule has 0 unspecified atom stereocenters. The van der Waals surface area contributed by atoms with Crippen LogP contribution in [0, 0.1) is 0 Å². The van der Waals surface area contributed by atoms with Crippen molar-refractivity contribution in [1.82, 2.24) is 14.5 Å². The maximum Gasteiger partial charge on any atom is 0.322 e. The van der Waals surface area contributed by atoms with Crippen LogP contribution < -0.4 is 5.32 Å². The van der Waals surface area contributed by atoms with Crippen molar-refractivity contribution in [3.05, 3.63) is 83.9 Å². The fourth-order valence-electron chi connectivity index (χ4n) is 2.75. The largest absolute Gasteiger partial charge is 0.331 e. The number of rotatable bonds is 6. The van der Waals surface area contributed by atoms with Crippen LogP contribution in [0.3, 0.4) is 0 Å². The third-order valence-electron chi connectivity index (χ3n) is 4.31. The molecule has 3 aromatic rings. The number of urea groups is 1. The van der Waals surface area contributed by atoms with Gasteiger partial charge in [-0.1, -0.05) is 30.3 Å². The number of ketones is 1. The van der Waals surface area contributed by atoms with Crippen LogP contribution in [0.25, 0.3) is 0 Å². The Labute approximate surface area is 158 Å². The van der Waals surface area contributed by atoms with E-state index < -0.39 is 0 Å². The van der Waals surface area contributed by atoms with E-state index in [0.29, 0.717) is 30.2 Å². The number of carbonyl (C=O) groups excluding carboxylic acids is 2. The SMILES string of the molecule is CCN(Cc1ccccc1)C(=O)Nc1ccc(C(=O)c2nccn2C)cc1. The zero-order valence-corrected chi connectivity index (χ0v) is 15.4. The molecule has 0 aliphatic carbocycles. The molecule has 0 aliphatic rings. The van der Waals surface area contributed by atoms with Gasteiger partial charge in [0.15, 0.2) is 5.82 Å². The van der Waals surface area contributed by atoms with Crippen LogP contribution in [0.1, 0.15) is 28.7 Å². The Morgan fingerprint density at radius 1 is 1.07 bits per heavy atom. The first-order valence-corrected chi connectivity index (χ1v) is 8.80. The lowest BCUT2D eigenvalue weighted by Crippen LogP contribution is -2.34. The van der Waals surface area contributed by atoms with Crippen molar-refractivity contribution in [1.29, 1.82) is 0 Å². The molecule has 2 aromatic carbocycles. The Bertz CT molecular complexity index is 917. The van der Waals surface area contributed by atoms with E-state index in [1.54, 1.807) is 53.2 Å². The van der Waals surface area contributed by atoms with Crippen LogP contribution in [0.15, 0.2) is 67.0 Å². The Kier molecular flexibility index (Phi) is 5.66. The number of carbonyl (C=O) groups is 2. The summed E-state index contributed by atoms with van der Waals surface area (Å²) in [4.78, 5) is 30.8. The minimum absolute atomic E-state index is 0.153. The Balaban J connectivity index is 1.65. The second kappa shape index (κ2) is 8.31. The van der Waals surface area contributed by atoms with E-state index in [0.717, 1.165) is 5.56 Å². The number of nitrogens with zero attached hydrogens (tertiary/aromatic N) is 3. The predicted octanol–water partition coefficient (Wildman–Crippen LogP) is 3.71. The first kappa shape index (κ1) is 18.4. The molecule has 0 saturated heterocycles. The lowest BCUT2D eigenvalue weighted by Gasteiger charge is -2.21. The summed E-state index contributed by atoms with van der Waals surface area (Å²) in [5.74, 6) is 0.228. The van der Waals surface area contributed by atoms with Crippen molar-refractivity contribution in [2.45, 2.75) is 13.5 Å². The van der Waals surface area contributed by atoms with Crippen molar-refractivity contribution in [3.8, 4) is 0 Å². The molecule has 0 aliphatic heterocycles. The molecule has 0 radical (unpaired) electrons. The van der Waals surface area contributed by atoms with Crippen LogP contribution >= 0.6 is 0 Å². The van der Waals surface area contributed by atoms with Crippen molar-refractivity contribution < 1.29 is 9.59 Å². The molecule has 1 heterocycles. The standard InChI is InChI=1S/C21H22N4O2/c1-3-25(15-16-7-5-4-6-8-16)21(27)23-18-11-9-17(10-12-18)19(26)20-22-13-14-24(20)2/h4-14H,3,15H2,1-2H3,(H,23,27). The maximum atomic E-state index is 12.5. The number of hydrogen-bond donors (Lipinski definition) is 1. The monoisotopic (exact) mass is 362 g/mol. The van der Waals surface area contributed by atoms with Gasteiger partial charge in [-0.25, -0.2) is 9.78 Å². The second-order valence-electron chi connectivity index (χ2n) is 6.20. The zero-order chi connectivity index (χ0) is 19.2. The first-order valence-electron chi connectivity index (χ1n) is 8.80. The van der Waals surface area contributed by atoms with E-state index in [2.05, 4.69) is 10.3 Å². The molecular formula is C21H22N4O2. The number of nitrogens with one attached hydrogen (secondary N) is 1. The summed E-state index contributed by atoms with van der Waals surface area (Å²) in [5.41, 5.74) is 2.24. The van der Waals surface area contributed by atoms with Crippen molar-refractivity contribution in [2.24, 2.45) is 7.05 Å². The van der Waals surface area contributed by atoms with Crippen LogP contribution in [-0.4, -0.2) is 32.8 Å². The third-order valence-corrected chi connectivity index (χ3v) is 4.31. The highest BCUT2D eigenvalue weighted by atomic mass is 16.2. The van der Waals surface area contributed by atoms with Crippen LogP contribution in [0.4, 0.5) is 10.5 Å². The van der Waals surface area contributed by atoms with Crippen LogP contribution in [0.2, 0.25) is 0 Å². The van der Waals surface area contributed by atoms with Gasteiger partial charge in [0.1, 0.15) is 0 Å². The molecule has 0 fully saturated rings. The summed E-state index contributed by atoms with van der Waals surface area (Å²) in [6.07, 6.45) is 3.32. The molecule has 1 N–H and O–H groups in total. The molecule has 138 valence electrons. The Hall–Kier alpha value is -3.41. The summed E-state index contributed by atoms with van der Waals surface area (Å²) in [6, 6.07) is 16.5. The molecule has 27 heavy (non-hydrogen) atoms. The average Bonchev–Trinajstić information content (AvgIpc) is 3.12. The molecule has 2 amide bonds.